The molecule has 16 heavy (non-hydrogen) atoms. The number of halogens is 2. The molecule has 1 aliphatic heterocycles. The number of hydrogen-bond acceptors (Lipinski definition) is 4. The molecular weight excluding hydrogens is 342 g/mol. The lowest BCUT2D eigenvalue weighted by Gasteiger charge is -2.15. The number of amides is 1. The Morgan fingerprint density at radius 1 is 1.62 bits per heavy atom. The third-order valence-corrected chi connectivity index (χ3v) is 3.69. The van der Waals surface area contributed by atoms with Crippen LogP contribution in [0.25, 0.3) is 0 Å². The fourth-order valence-corrected chi connectivity index (χ4v) is 2.29. The van der Waals surface area contributed by atoms with Gasteiger partial charge in [0.05, 0.1) is 18.1 Å². The van der Waals surface area contributed by atoms with Crippen LogP contribution in [0.15, 0.2) is 10.8 Å². The predicted octanol–water partition coefficient (Wildman–Crippen LogP) is 1.75. The first-order chi connectivity index (χ1) is 7.63. The van der Waals surface area contributed by atoms with Gasteiger partial charge >= 0.3 is 0 Å². The quantitative estimate of drug-likeness (QED) is 0.762. The van der Waals surface area contributed by atoms with Crippen molar-refractivity contribution in [3.05, 3.63) is 10.8 Å². The number of methoxy groups -OCH3 is 1. The van der Waals surface area contributed by atoms with Gasteiger partial charge in [-0.1, -0.05) is 15.9 Å². The van der Waals surface area contributed by atoms with Crippen LogP contribution < -0.4 is 9.64 Å². The van der Waals surface area contributed by atoms with Crippen LogP contribution in [0.5, 0.6) is 5.88 Å². The zero-order valence-corrected chi connectivity index (χ0v) is 11.7. The number of anilines is 1. The second kappa shape index (κ2) is 4.67. The molecule has 0 aromatic carbocycles. The number of alkyl halides is 1. The van der Waals surface area contributed by atoms with Crippen LogP contribution in [0.4, 0.5) is 5.82 Å². The molecule has 5 nitrogen and oxygen atoms in total. The van der Waals surface area contributed by atoms with Gasteiger partial charge in [-0.3, -0.25) is 9.69 Å². The Labute approximate surface area is 109 Å². The molecule has 1 saturated heterocycles. The standard InChI is InChI=1S/C9H9Br2N3O2/c1-16-8-7(11)12-4-6(13-8)14-3-2-5(10)9(14)15/h4-5H,2-3H2,1H3. The summed E-state index contributed by atoms with van der Waals surface area (Å²) in [5.74, 6) is 0.911. The van der Waals surface area contributed by atoms with Gasteiger partial charge < -0.3 is 4.74 Å². The molecule has 1 atom stereocenters. The van der Waals surface area contributed by atoms with E-state index in [1.165, 1.54) is 7.11 Å². The smallest absolute Gasteiger partial charge is 0.249 e. The van der Waals surface area contributed by atoms with Crippen LogP contribution in [0.1, 0.15) is 6.42 Å². The Hall–Kier alpha value is -0.690. The summed E-state index contributed by atoms with van der Waals surface area (Å²) < 4.78 is 5.57. The molecule has 1 aliphatic rings. The molecular formula is C9H9Br2N3O2. The molecule has 0 bridgehead atoms. The van der Waals surface area contributed by atoms with Crippen molar-refractivity contribution in [2.75, 3.05) is 18.6 Å². The summed E-state index contributed by atoms with van der Waals surface area (Å²) in [6, 6.07) is 0. The fourth-order valence-electron chi connectivity index (χ4n) is 1.48. The lowest BCUT2D eigenvalue weighted by atomic mass is 10.4. The molecule has 2 rings (SSSR count). The van der Waals surface area contributed by atoms with Gasteiger partial charge in [0.1, 0.15) is 0 Å². The van der Waals surface area contributed by atoms with Crippen molar-refractivity contribution in [1.82, 2.24) is 9.97 Å². The van der Waals surface area contributed by atoms with Crippen molar-refractivity contribution >= 4 is 43.6 Å². The maximum atomic E-state index is 11.7. The molecule has 0 spiro atoms. The Bertz CT molecular complexity index is 427. The van der Waals surface area contributed by atoms with Gasteiger partial charge in [-0.2, -0.15) is 4.98 Å². The highest BCUT2D eigenvalue weighted by Gasteiger charge is 2.31. The SMILES string of the molecule is COc1nc(N2CCC(Br)C2=O)cnc1Br. The van der Waals surface area contributed by atoms with E-state index in [0.29, 0.717) is 22.8 Å². The highest BCUT2D eigenvalue weighted by atomic mass is 79.9. The molecule has 1 fully saturated rings. The molecule has 0 radical (unpaired) electrons. The normalized spacial score (nSPS) is 20.3. The number of nitrogens with zero attached hydrogens (tertiary/aromatic N) is 3. The van der Waals surface area contributed by atoms with Crippen LogP contribution in [0.3, 0.4) is 0 Å². The number of carbonyl (C=O) groups excluding carboxylic acids is 1. The first-order valence-electron chi connectivity index (χ1n) is 4.65. The number of hydrogen-bond donors (Lipinski definition) is 0. The second-order valence-corrected chi connectivity index (χ2v) is 5.13. The van der Waals surface area contributed by atoms with E-state index < -0.39 is 0 Å². The molecule has 2 heterocycles. The van der Waals surface area contributed by atoms with Gasteiger partial charge in [-0.05, 0) is 22.4 Å². The summed E-state index contributed by atoms with van der Waals surface area (Å²) in [4.78, 5) is 21.5. The van der Waals surface area contributed by atoms with E-state index in [-0.39, 0.29) is 10.7 Å². The van der Waals surface area contributed by atoms with Crippen molar-refractivity contribution in [2.24, 2.45) is 0 Å². The van der Waals surface area contributed by atoms with E-state index in [9.17, 15) is 4.79 Å². The molecule has 0 aliphatic carbocycles. The van der Waals surface area contributed by atoms with Crippen molar-refractivity contribution in [3.8, 4) is 5.88 Å². The number of aromatic nitrogens is 2. The molecule has 1 unspecified atom stereocenters. The zero-order valence-electron chi connectivity index (χ0n) is 8.48. The van der Waals surface area contributed by atoms with Gasteiger partial charge in [0.2, 0.25) is 11.8 Å². The summed E-state index contributed by atoms with van der Waals surface area (Å²) in [5, 5.41) is 0. The summed E-state index contributed by atoms with van der Waals surface area (Å²) in [5.41, 5.74) is 0. The van der Waals surface area contributed by atoms with Crippen molar-refractivity contribution in [2.45, 2.75) is 11.2 Å². The summed E-state index contributed by atoms with van der Waals surface area (Å²) in [6.07, 6.45) is 2.33. The molecule has 1 amide bonds. The Morgan fingerprint density at radius 3 is 2.94 bits per heavy atom. The fraction of sp³-hybridized carbons (Fsp3) is 0.444. The van der Waals surface area contributed by atoms with Crippen molar-refractivity contribution in [3.63, 3.8) is 0 Å². The van der Waals surface area contributed by atoms with Gasteiger partial charge in [0, 0.05) is 6.54 Å². The molecule has 1 aromatic rings. The van der Waals surface area contributed by atoms with Crippen LogP contribution >= 0.6 is 31.9 Å². The monoisotopic (exact) mass is 349 g/mol. The van der Waals surface area contributed by atoms with Crippen molar-refractivity contribution in [1.29, 1.82) is 0 Å². The highest BCUT2D eigenvalue weighted by Crippen LogP contribution is 2.27. The summed E-state index contributed by atoms with van der Waals surface area (Å²) in [6.45, 7) is 0.647. The summed E-state index contributed by atoms with van der Waals surface area (Å²) in [7, 11) is 1.51. The Morgan fingerprint density at radius 2 is 2.38 bits per heavy atom. The number of carbonyl (C=O) groups is 1. The van der Waals surface area contributed by atoms with Crippen LogP contribution in [-0.4, -0.2) is 34.4 Å². The van der Waals surface area contributed by atoms with Gasteiger partial charge in [-0.25, -0.2) is 4.98 Å². The average molecular weight is 351 g/mol. The Kier molecular flexibility index (Phi) is 3.44. The minimum atomic E-state index is -0.121. The predicted molar refractivity (Wildman–Crippen MR) is 66.0 cm³/mol. The average Bonchev–Trinajstić information content (AvgIpc) is 2.61. The molecule has 7 heteroatoms. The van der Waals surface area contributed by atoms with Gasteiger partial charge in [0.15, 0.2) is 10.4 Å². The zero-order chi connectivity index (χ0) is 11.7. The van der Waals surface area contributed by atoms with E-state index in [1.807, 2.05) is 0 Å². The highest BCUT2D eigenvalue weighted by molar-refractivity contribution is 9.10. The number of ether oxygens (including phenoxy) is 1. The maximum absolute atomic E-state index is 11.7. The summed E-state index contributed by atoms with van der Waals surface area (Å²) >= 11 is 6.53. The van der Waals surface area contributed by atoms with E-state index >= 15 is 0 Å². The second-order valence-electron chi connectivity index (χ2n) is 3.27. The van der Waals surface area contributed by atoms with Gasteiger partial charge in [0.25, 0.3) is 0 Å². The van der Waals surface area contributed by atoms with E-state index in [2.05, 4.69) is 41.8 Å². The van der Waals surface area contributed by atoms with E-state index in [0.717, 1.165) is 6.42 Å². The van der Waals surface area contributed by atoms with Gasteiger partial charge in [-0.15, -0.1) is 0 Å². The lowest BCUT2D eigenvalue weighted by molar-refractivity contribution is -0.116. The number of rotatable bonds is 2. The third-order valence-electron chi connectivity index (χ3n) is 2.30. The lowest BCUT2D eigenvalue weighted by Crippen LogP contribution is -2.28. The minimum absolute atomic E-state index is 0.0127. The third kappa shape index (κ3) is 2.06. The molecule has 1 aromatic heterocycles. The first kappa shape index (κ1) is 11.8. The molecule has 0 N–H and O–H groups in total. The van der Waals surface area contributed by atoms with E-state index in [4.69, 9.17) is 4.74 Å². The topological polar surface area (TPSA) is 55.3 Å². The minimum Gasteiger partial charge on any atom is -0.479 e. The Balaban J connectivity index is 2.31. The largest absolute Gasteiger partial charge is 0.479 e. The first-order valence-corrected chi connectivity index (χ1v) is 6.36. The van der Waals surface area contributed by atoms with Crippen LogP contribution in [-0.2, 0) is 4.79 Å². The maximum Gasteiger partial charge on any atom is 0.249 e. The van der Waals surface area contributed by atoms with E-state index in [1.54, 1.807) is 11.1 Å². The van der Waals surface area contributed by atoms with Crippen LogP contribution in [0, 0.1) is 0 Å². The van der Waals surface area contributed by atoms with Crippen LogP contribution in [0.2, 0.25) is 0 Å². The molecule has 0 saturated carbocycles. The van der Waals surface area contributed by atoms with Crippen molar-refractivity contribution < 1.29 is 9.53 Å². The molecule has 86 valence electrons.